The van der Waals surface area contributed by atoms with Gasteiger partial charge in [-0.15, -0.1) is 0 Å². The van der Waals surface area contributed by atoms with Crippen LogP contribution in [0, 0.1) is 11.3 Å². The Kier molecular flexibility index (Phi) is 8.44. The van der Waals surface area contributed by atoms with Gasteiger partial charge in [-0.3, -0.25) is 4.98 Å². The van der Waals surface area contributed by atoms with Gasteiger partial charge in [0.1, 0.15) is 0 Å². The maximum absolute atomic E-state index is 9.33. The van der Waals surface area contributed by atoms with Gasteiger partial charge < -0.3 is 14.4 Å². The second kappa shape index (κ2) is 14.3. The number of nitrogens with zero attached hydrogens (tertiary/aromatic N) is 6. The van der Waals surface area contributed by atoms with Crippen molar-refractivity contribution >= 4 is 67.0 Å². The van der Waals surface area contributed by atoms with E-state index in [-0.39, 0.29) is 0 Å². The quantitative estimate of drug-likeness (QED) is 0.156. The molecule has 10 rings (SSSR count). The molecule has 0 aliphatic heterocycles. The fourth-order valence-corrected chi connectivity index (χ4v) is 7.76. The molecule has 0 spiro atoms. The Morgan fingerprint density at radius 2 is 0.912 bits per heavy atom. The van der Waals surface area contributed by atoms with Crippen molar-refractivity contribution in [1.82, 2.24) is 14.5 Å². The summed E-state index contributed by atoms with van der Waals surface area (Å²) in [4.78, 5) is 14.1. The molecule has 0 bridgehead atoms. The smallest absolute Gasteiger partial charge is 0.0992 e. The van der Waals surface area contributed by atoms with Gasteiger partial charge in [0.05, 0.1) is 45.6 Å². The molecule has 268 valence electrons. The molecule has 2 heterocycles. The van der Waals surface area contributed by atoms with Gasteiger partial charge in [-0.25, -0.2) is 4.98 Å². The van der Waals surface area contributed by atoms with Crippen molar-refractivity contribution in [1.29, 1.82) is 5.26 Å². The maximum Gasteiger partial charge on any atom is 0.0992 e. The molecule has 0 aliphatic carbocycles. The zero-order chi connectivity index (χ0) is 38.1. The first-order chi connectivity index (χ1) is 28.2. The number of aromatic nitrogens is 3. The highest BCUT2D eigenvalue weighted by Crippen LogP contribution is 2.42. The second-order valence-electron chi connectivity index (χ2n) is 13.9. The lowest BCUT2D eigenvalue weighted by Gasteiger charge is -2.26. The molecule has 0 unspecified atom stereocenters. The number of benzene rings is 8. The Morgan fingerprint density at radius 3 is 1.37 bits per heavy atom. The van der Waals surface area contributed by atoms with Crippen LogP contribution in [0.1, 0.15) is 5.56 Å². The van der Waals surface area contributed by atoms with E-state index in [1.165, 1.54) is 0 Å². The zero-order valence-electron chi connectivity index (χ0n) is 30.8. The normalized spacial score (nSPS) is 11.1. The lowest BCUT2D eigenvalue weighted by atomic mass is 10.1. The number of para-hydroxylation sites is 4. The number of fused-ring (bicyclic) bond motifs is 4. The van der Waals surface area contributed by atoms with E-state index in [0.717, 1.165) is 78.4 Å². The molecule has 0 aliphatic rings. The second-order valence-corrected chi connectivity index (χ2v) is 13.9. The molecule has 0 fully saturated rings. The third kappa shape index (κ3) is 6.20. The van der Waals surface area contributed by atoms with Gasteiger partial charge in [0.2, 0.25) is 0 Å². The summed E-state index contributed by atoms with van der Waals surface area (Å²) >= 11 is 0. The Labute approximate surface area is 330 Å². The van der Waals surface area contributed by atoms with Gasteiger partial charge in [0, 0.05) is 56.1 Å². The largest absolute Gasteiger partial charge is 0.310 e. The van der Waals surface area contributed by atoms with Crippen LogP contribution < -0.4 is 9.80 Å². The summed E-state index contributed by atoms with van der Waals surface area (Å²) in [6.45, 7) is 0. The number of rotatable bonds is 8. The van der Waals surface area contributed by atoms with E-state index in [1.807, 2.05) is 6.07 Å². The van der Waals surface area contributed by atoms with Crippen LogP contribution in [0.25, 0.3) is 49.8 Å². The summed E-state index contributed by atoms with van der Waals surface area (Å²) in [6.07, 6.45) is 1.78. The van der Waals surface area contributed by atoms with Crippen molar-refractivity contribution in [3.8, 4) is 23.0 Å². The molecule has 0 N–H and O–H groups in total. The van der Waals surface area contributed by atoms with Gasteiger partial charge in [-0.05, 0) is 115 Å². The van der Waals surface area contributed by atoms with E-state index in [4.69, 9.17) is 4.98 Å². The van der Waals surface area contributed by atoms with Crippen LogP contribution >= 0.6 is 0 Å². The van der Waals surface area contributed by atoms with Crippen molar-refractivity contribution in [2.75, 3.05) is 9.80 Å². The lowest BCUT2D eigenvalue weighted by Crippen LogP contribution is -2.09. The maximum atomic E-state index is 9.33. The van der Waals surface area contributed by atoms with Crippen LogP contribution in [-0.2, 0) is 0 Å². The van der Waals surface area contributed by atoms with Crippen molar-refractivity contribution in [2.24, 2.45) is 0 Å². The SMILES string of the molecule is N#Cc1ccc2nc(-c3ccc(-n4c5ccc(N(c6ccccc6)c6ccccc6)cc5c5cc(N(c6ccccc6)c6ccccc6)ccc54)cc3)cnc2c1. The molecule has 2 aromatic heterocycles. The Hall–Kier alpha value is -8.01. The van der Waals surface area contributed by atoms with Gasteiger partial charge in [0.25, 0.3) is 0 Å². The summed E-state index contributed by atoms with van der Waals surface area (Å²) < 4.78 is 2.35. The third-order valence-electron chi connectivity index (χ3n) is 10.4. The highest BCUT2D eigenvalue weighted by Gasteiger charge is 2.20. The van der Waals surface area contributed by atoms with E-state index in [1.54, 1.807) is 18.3 Å². The minimum atomic E-state index is 0.569. The predicted octanol–water partition coefficient (Wildman–Crippen LogP) is 13.2. The molecule has 0 radical (unpaired) electrons. The van der Waals surface area contributed by atoms with Gasteiger partial charge >= 0.3 is 0 Å². The van der Waals surface area contributed by atoms with Crippen LogP contribution in [0.3, 0.4) is 0 Å². The summed E-state index contributed by atoms with van der Waals surface area (Å²) in [5.41, 5.74) is 13.5. The average molecular weight is 731 g/mol. The molecule has 57 heavy (non-hydrogen) atoms. The van der Waals surface area contributed by atoms with E-state index in [0.29, 0.717) is 11.1 Å². The monoisotopic (exact) mass is 730 g/mol. The summed E-state index contributed by atoms with van der Waals surface area (Å²) in [7, 11) is 0. The van der Waals surface area contributed by atoms with Crippen molar-refractivity contribution in [3.05, 3.63) is 212 Å². The van der Waals surface area contributed by atoms with Crippen LogP contribution in [0.4, 0.5) is 34.1 Å². The van der Waals surface area contributed by atoms with Crippen LogP contribution in [0.5, 0.6) is 0 Å². The Balaban J connectivity index is 1.16. The average Bonchev–Trinajstić information content (AvgIpc) is 3.61. The highest BCUT2D eigenvalue weighted by molar-refractivity contribution is 6.12. The van der Waals surface area contributed by atoms with Gasteiger partial charge in [0.15, 0.2) is 0 Å². The number of anilines is 6. The topological polar surface area (TPSA) is 61.0 Å². The summed E-state index contributed by atoms with van der Waals surface area (Å²) in [5.74, 6) is 0. The first-order valence-corrected chi connectivity index (χ1v) is 18.9. The molecule has 0 amide bonds. The number of hydrogen-bond donors (Lipinski definition) is 0. The fraction of sp³-hybridized carbons (Fsp3) is 0. The van der Waals surface area contributed by atoms with E-state index in [9.17, 15) is 5.26 Å². The first kappa shape index (κ1) is 33.6. The Bertz CT molecular complexity index is 2850. The molecule has 8 aromatic carbocycles. The lowest BCUT2D eigenvalue weighted by molar-refractivity contribution is 1.18. The van der Waals surface area contributed by atoms with Gasteiger partial charge in [-0.1, -0.05) is 84.9 Å². The molecular weight excluding hydrogens is 697 g/mol. The predicted molar refractivity (Wildman–Crippen MR) is 233 cm³/mol. The molecule has 6 nitrogen and oxygen atoms in total. The molecule has 0 saturated carbocycles. The first-order valence-electron chi connectivity index (χ1n) is 18.9. The van der Waals surface area contributed by atoms with E-state index >= 15 is 0 Å². The van der Waals surface area contributed by atoms with E-state index < -0.39 is 0 Å². The van der Waals surface area contributed by atoms with E-state index in [2.05, 4.69) is 207 Å². The number of nitriles is 1. The fourth-order valence-electron chi connectivity index (χ4n) is 7.76. The van der Waals surface area contributed by atoms with Crippen molar-refractivity contribution < 1.29 is 0 Å². The van der Waals surface area contributed by atoms with Crippen LogP contribution in [0.15, 0.2) is 206 Å². The third-order valence-corrected chi connectivity index (χ3v) is 10.4. The molecule has 6 heteroatoms. The summed E-state index contributed by atoms with van der Waals surface area (Å²) in [5, 5.41) is 11.6. The molecule has 0 atom stereocenters. The van der Waals surface area contributed by atoms with Crippen LogP contribution in [0.2, 0.25) is 0 Å². The molecule has 10 aromatic rings. The minimum Gasteiger partial charge on any atom is -0.310 e. The standard InChI is InChI=1S/C51H34N6/c52-34-36-21-28-47-48(31-36)53-35-49(54-47)37-22-24-42(25-23-37)57-50-29-26-43(55(38-13-5-1-6-14-38)39-15-7-2-8-16-39)32-45(50)46-33-44(27-30-51(46)57)56(40-17-9-3-10-18-40)41-19-11-4-12-20-41/h1-33,35H. The van der Waals surface area contributed by atoms with Crippen molar-refractivity contribution in [2.45, 2.75) is 0 Å². The minimum absolute atomic E-state index is 0.569. The molecular formula is C51H34N6. The molecule has 0 saturated heterocycles. The number of hydrogen-bond acceptors (Lipinski definition) is 5. The summed E-state index contributed by atoms with van der Waals surface area (Å²) in [6, 6.07) is 71.8. The van der Waals surface area contributed by atoms with Crippen LogP contribution in [-0.4, -0.2) is 14.5 Å². The van der Waals surface area contributed by atoms with Crippen molar-refractivity contribution in [3.63, 3.8) is 0 Å². The van der Waals surface area contributed by atoms with Gasteiger partial charge in [-0.2, -0.15) is 5.26 Å². The Morgan fingerprint density at radius 1 is 0.439 bits per heavy atom. The highest BCUT2D eigenvalue weighted by atomic mass is 15.1. The zero-order valence-corrected chi connectivity index (χ0v) is 30.8.